The van der Waals surface area contributed by atoms with E-state index in [4.69, 9.17) is 4.74 Å². The summed E-state index contributed by atoms with van der Waals surface area (Å²) >= 11 is 1.29. The van der Waals surface area contributed by atoms with Gasteiger partial charge in [-0.1, -0.05) is 30.0 Å². The number of ether oxygens (including phenoxy) is 1. The summed E-state index contributed by atoms with van der Waals surface area (Å²) in [4.78, 5) is 29.7. The van der Waals surface area contributed by atoms with Crippen LogP contribution in [0.4, 0.5) is 0 Å². The van der Waals surface area contributed by atoms with Gasteiger partial charge in [0.25, 0.3) is 5.56 Å². The van der Waals surface area contributed by atoms with Crippen molar-refractivity contribution in [3.8, 4) is 0 Å². The molecule has 0 saturated heterocycles. The molecule has 1 atom stereocenters. The van der Waals surface area contributed by atoms with E-state index in [9.17, 15) is 9.59 Å². The van der Waals surface area contributed by atoms with Crippen LogP contribution in [-0.2, 0) is 16.1 Å². The molecule has 0 aliphatic heterocycles. The van der Waals surface area contributed by atoms with E-state index >= 15 is 0 Å². The second-order valence-electron chi connectivity index (χ2n) is 5.71. The number of nitrogens with zero attached hydrogens (tertiary/aromatic N) is 2. The lowest BCUT2D eigenvalue weighted by Gasteiger charge is -2.16. The number of carbonyl (C=O) groups is 1. The minimum Gasteiger partial charge on any atom is -0.382 e. The Labute approximate surface area is 157 Å². The maximum Gasteiger partial charge on any atom is 0.262 e. The summed E-state index contributed by atoms with van der Waals surface area (Å²) in [7, 11) is 0. The quantitative estimate of drug-likeness (QED) is 0.299. The van der Waals surface area contributed by atoms with Crippen molar-refractivity contribution in [3.05, 3.63) is 47.3 Å². The summed E-state index contributed by atoms with van der Waals surface area (Å²) < 4.78 is 7.01. The predicted molar refractivity (Wildman–Crippen MR) is 106 cm³/mol. The summed E-state index contributed by atoms with van der Waals surface area (Å²) in [5, 5.41) is 3.52. The molecule has 0 bridgehead atoms. The molecule has 0 unspecified atom stereocenters. The minimum atomic E-state index is -0.374. The summed E-state index contributed by atoms with van der Waals surface area (Å²) in [6.45, 7) is 9.47. The van der Waals surface area contributed by atoms with Crippen molar-refractivity contribution in [3.63, 3.8) is 0 Å². The molecule has 0 radical (unpaired) electrons. The molecule has 1 heterocycles. The average Bonchev–Trinajstić information content (AvgIpc) is 2.65. The van der Waals surface area contributed by atoms with Crippen LogP contribution in [0.1, 0.15) is 20.3 Å². The lowest BCUT2D eigenvalue weighted by Crippen LogP contribution is -2.32. The predicted octanol–water partition coefficient (Wildman–Crippen LogP) is 2.61. The van der Waals surface area contributed by atoms with Crippen molar-refractivity contribution in [2.45, 2.75) is 37.2 Å². The Morgan fingerprint density at radius 3 is 2.96 bits per heavy atom. The molecule has 26 heavy (non-hydrogen) atoms. The zero-order valence-electron chi connectivity index (χ0n) is 15.2. The van der Waals surface area contributed by atoms with E-state index in [-0.39, 0.29) is 16.7 Å². The van der Waals surface area contributed by atoms with Crippen LogP contribution in [0.5, 0.6) is 0 Å². The summed E-state index contributed by atoms with van der Waals surface area (Å²) in [5.74, 6) is -0.113. The normalized spacial score (nSPS) is 12.1. The van der Waals surface area contributed by atoms with Gasteiger partial charge in [0.2, 0.25) is 5.91 Å². The lowest BCUT2D eigenvalue weighted by molar-refractivity contribution is -0.120. The van der Waals surface area contributed by atoms with Crippen LogP contribution >= 0.6 is 11.8 Å². The summed E-state index contributed by atoms with van der Waals surface area (Å²) in [6, 6.07) is 7.27. The van der Waals surface area contributed by atoms with Crippen LogP contribution in [-0.4, -0.2) is 40.5 Å². The van der Waals surface area contributed by atoms with Crippen molar-refractivity contribution in [1.82, 2.24) is 14.9 Å². The molecule has 0 fully saturated rings. The molecule has 0 aliphatic rings. The van der Waals surface area contributed by atoms with E-state index in [0.29, 0.717) is 48.8 Å². The number of nitrogens with one attached hydrogen (secondary N) is 1. The third-order valence-corrected chi connectivity index (χ3v) is 4.86. The first-order chi connectivity index (χ1) is 12.6. The maximum atomic E-state index is 12.9. The Kier molecular flexibility index (Phi) is 7.87. The number of rotatable bonds is 10. The third-order valence-electron chi connectivity index (χ3n) is 3.77. The molecule has 1 aromatic carbocycles. The van der Waals surface area contributed by atoms with Gasteiger partial charge >= 0.3 is 0 Å². The number of carbonyl (C=O) groups excluding carboxylic acids is 1. The first-order valence-electron chi connectivity index (χ1n) is 8.71. The molecular weight excluding hydrogens is 350 g/mol. The van der Waals surface area contributed by atoms with Crippen molar-refractivity contribution in [2.24, 2.45) is 0 Å². The molecule has 1 amide bonds. The fraction of sp³-hybridized carbons (Fsp3) is 0.421. The number of para-hydroxylation sites is 1. The van der Waals surface area contributed by atoms with Crippen LogP contribution in [0, 0.1) is 0 Å². The molecule has 2 aromatic rings. The van der Waals surface area contributed by atoms with Crippen molar-refractivity contribution >= 4 is 28.6 Å². The number of aromatic nitrogens is 2. The number of hydrogen-bond acceptors (Lipinski definition) is 5. The van der Waals surface area contributed by atoms with E-state index in [2.05, 4.69) is 16.9 Å². The Morgan fingerprint density at radius 2 is 2.23 bits per heavy atom. The molecule has 7 heteroatoms. The molecule has 0 saturated carbocycles. The summed E-state index contributed by atoms with van der Waals surface area (Å²) in [6.07, 6.45) is 2.34. The van der Waals surface area contributed by atoms with Gasteiger partial charge in [-0.2, -0.15) is 0 Å². The molecule has 0 spiro atoms. The van der Waals surface area contributed by atoms with Crippen LogP contribution in [0.25, 0.3) is 10.9 Å². The van der Waals surface area contributed by atoms with Gasteiger partial charge in [-0.3, -0.25) is 14.2 Å². The van der Waals surface area contributed by atoms with E-state index in [1.54, 1.807) is 23.6 Å². The standard InChI is InChI=1S/C19H25N3O3S/c1-4-11-20-17(23)14(3)26-19-21-16-10-7-6-9-15(16)18(24)22(19)12-8-13-25-5-2/h4,6-7,9-10,14H,1,5,8,11-13H2,2-3H3,(H,20,23)/t14-/m0/s1. The van der Waals surface area contributed by atoms with Crippen LogP contribution < -0.4 is 10.9 Å². The first kappa shape index (κ1) is 20.2. The summed E-state index contributed by atoms with van der Waals surface area (Å²) in [5.41, 5.74) is 0.549. The highest BCUT2D eigenvalue weighted by molar-refractivity contribution is 8.00. The number of hydrogen-bond donors (Lipinski definition) is 1. The third kappa shape index (κ3) is 5.19. The van der Waals surface area contributed by atoms with E-state index in [1.165, 1.54) is 11.8 Å². The largest absolute Gasteiger partial charge is 0.382 e. The van der Waals surface area contributed by atoms with Crippen LogP contribution in [0.2, 0.25) is 0 Å². The smallest absolute Gasteiger partial charge is 0.262 e. The molecule has 1 N–H and O–H groups in total. The number of benzene rings is 1. The number of amides is 1. The Balaban J connectivity index is 2.30. The lowest BCUT2D eigenvalue weighted by atomic mass is 10.2. The highest BCUT2D eigenvalue weighted by Gasteiger charge is 2.18. The number of thioether (sulfide) groups is 1. The van der Waals surface area contributed by atoms with Gasteiger partial charge in [-0.25, -0.2) is 4.98 Å². The molecule has 140 valence electrons. The van der Waals surface area contributed by atoms with Gasteiger partial charge in [-0.15, -0.1) is 6.58 Å². The zero-order valence-corrected chi connectivity index (χ0v) is 16.1. The molecule has 2 rings (SSSR count). The molecule has 6 nitrogen and oxygen atoms in total. The second kappa shape index (κ2) is 10.1. The average molecular weight is 375 g/mol. The van der Waals surface area contributed by atoms with Crippen molar-refractivity contribution in [1.29, 1.82) is 0 Å². The minimum absolute atomic E-state index is 0.0895. The fourth-order valence-corrected chi connectivity index (χ4v) is 3.39. The SMILES string of the molecule is C=CCNC(=O)[C@H](C)Sc1nc2ccccc2c(=O)n1CCCOCC. The Hall–Kier alpha value is -2.12. The van der Waals surface area contributed by atoms with Crippen molar-refractivity contribution < 1.29 is 9.53 Å². The van der Waals surface area contributed by atoms with Gasteiger partial charge in [0, 0.05) is 26.3 Å². The zero-order chi connectivity index (χ0) is 18.9. The first-order valence-corrected chi connectivity index (χ1v) is 9.59. The Morgan fingerprint density at radius 1 is 1.46 bits per heavy atom. The second-order valence-corrected chi connectivity index (χ2v) is 7.02. The van der Waals surface area contributed by atoms with Gasteiger partial charge in [-0.05, 0) is 32.4 Å². The van der Waals surface area contributed by atoms with Gasteiger partial charge in [0.1, 0.15) is 0 Å². The van der Waals surface area contributed by atoms with E-state index in [0.717, 1.165) is 0 Å². The molecule has 1 aromatic heterocycles. The topological polar surface area (TPSA) is 73.2 Å². The van der Waals surface area contributed by atoms with Gasteiger partial charge in [0.05, 0.1) is 16.2 Å². The highest BCUT2D eigenvalue weighted by Crippen LogP contribution is 2.22. The highest BCUT2D eigenvalue weighted by atomic mass is 32.2. The number of fused-ring (bicyclic) bond motifs is 1. The maximum absolute atomic E-state index is 12.9. The van der Waals surface area contributed by atoms with E-state index < -0.39 is 0 Å². The molecule has 0 aliphatic carbocycles. The monoisotopic (exact) mass is 375 g/mol. The Bertz CT molecular complexity index is 819. The van der Waals surface area contributed by atoms with Crippen molar-refractivity contribution in [2.75, 3.05) is 19.8 Å². The van der Waals surface area contributed by atoms with Crippen LogP contribution in [0.15, 0.2) is 46.9 Å². The van der Waals surface area contributed by atoms with Crippen LogP contribution in [0.3, 0.4) is 0 Å². The van der Waals surface area contributed by atoms with Gasteiger partial charge < -0.3 is 10.1 Å². The van der Waals surface area contributed by atoms with Gasteiger partial charge in [0.15, 0.2) is 5.16 Å². The molecular formula is C19H25N3O3S. The fourth-order valence-electron chi connectivity index (χ4n) is 2.43. The van der Waals surface area contributed by atoms with E-state index in [1.807, 2.05) is 25.1 Å².